The van der Waals surface area contributed by atoms with Gasteiger partial charge < -0.3 is 9.84 Å². The molecule has 1 aliphatic heterocycles. The zero-order valence-corrected chi connectivity index (χ0v) is 7.13. The Morgan fingerprint density at radius 2 is 2.27 bits per heavy atom. The average molecular weight is 158 g/mol. The summed E-state index contributed by atoms with van der Waals surface area (Å²) in [6, 6.07) is 0. The number of carbonyl (C=O) groups excluding carboxylic acids is 1. The molecule has 1 aliphatic rings. The summed E-state index contributed by atoms with van der Waals surface area (Å²) in [5.74, 6) is -0.586. The summed E-state index contributed by atoms with van der Waals surface area (Å²) < 4.78 is 4.95. The standard InChI is InChI=1S/C8H14O3/c1-4-6-5(2)8(3,10)7(9)11-6/h5-6,10H,4H2,1-3H3. The molecule has 1 saturated heterocycles. The molecule has 64 valence electrons. The third-order valence-electron chi connectivity index (χ3n) is 2.52. The van der Waals surface area contributed by atoms with Gasteiger partial charge >= 0.3 is 5.97 Å². The largest absolute Gasteiger partial charge is 0.460 e. The van der Waals surface area contributed by atoms with E-state index in [1.807, 2.05) is 13.8 Å². The van der Waals surface area contributed by atoms with Crippen molar-refractivity contribution in [2.75, 3.05) is 0 Å². The predicted molar refractivity (Wildman–Crippen MR) is 40.0 cm³/mol. The SMILES string of the molecule is CCC1OC(=O)C(C)(O)C1C. The van der Waals surface area contributed by atoms with Crippen LogP contribution in [0.3, 0.4) is 0 Å². The minimum Gasteiger partial charge on any atom is -0.460 e. The monoisotopic (exact) mass is 158 g/mol. The van der Waals surface area contributed by atoms with Crippen molar-refractivity contribution < 1.29 is 14.6 Å². The third kappa shape index (κ3) is 1.13. The zero-order valence-electron chi connectivity index (χ0n) is 7.13. The molecule has 1 heterocycles. The Kier molecular flexibility index (Phi) is 1.92. The molecule has 0 aromatic rings. The van der Waals surface area contributed by atoms with E-state index in [-0.39, 0.29) is 12.0 Å². The van der Waals surface area contributed by atoms with E-state index in [4.69, 9.17) is 4.74 Å². The van der Waals surface area contributed by atoms with Gasteiger partial charge in [0.05, 0.1) is 0 Å². The van der Waals surface area contributed by atoms with Gasteiger partial charge in [-0.05, 0) is 13.3 Å². The van der Waals surface area contributed by atoms with Crippen LogP contribution in [0, 0.1) is 5.92 Å². The van der Waals surface area contributed by atoms with Crippen LogP contribution in [0.4, 0.5) is 0 Å². The lowest BCUT2D eigenvalue weighted by Crippen LogP contribution is -2.36. The summed E-state index contributed by atoms with van der Waals surface area (Å²) in [6.45, 7) is 5.28. The van der Waals surface area contributed by atoms with E-state index in [0.717, 1.165) is 6.42 Å². The van der Waals surface area contributed by atoms with E-state index in [2.05, 4.69) is 0 Å². The van der Waals surface area contributed by atoms with Gasteiger partial charge in [0.2, 0.25) is 0 Å². The first-order valence-electron chi connectivity index (χ1n) is 3.93. The molecule has 1 N–H and O–H groups in total. The lowest BCUT2D eigenvalue weighted by atomic mass is 9.88. The Morgan fingerprint density at radius 3 is 2.45 bits per heavy atom. The number of esters is 1. The normalized spacial score (nSPS) is 44.2. The molecule has 0 saturated carbocycles. The molecule has 0 aromatic heterocycles. The second-order valence-electron chi connectivity index (χ2n) is 3.29. The third-order valence-corrected chi connectivity index (χ3v) is 2.52. The molecule has 1 rings (SSSR count). The summed E-state index contributed by atoms with van der Waals surface area (Å²) in [6.07, 6.45) is 0.653. The van der Waals surface area contributed by atoms with Gasteiger partial charge in [0.1, 0.15) is 6.10 Å². The van der Waals surface area contributed by atoms with Gasteiger partial charge in [-0.1, -0.05) is 13.8 Å². The summed E-state index contributed by atoms with van der Waals surface area (Å²) in [7, 11) is 0. The Hall–Kier alpha value is -0.570. The molecule has 1 fully saturated rings. The van der Waals surface area contributed by atoms with Crippen molar-refractivity contribution in [1.29, 1.82) is 0 Å². The van der Waals surface area contributed by atoms with Gasteiger partial charge in [-0.3, -0.25) is 0 Å². The maximum absolute atomic E-state index is 11.0. The average Bonchev–Trinajstić information content (AvgIpc) is 2.14. The van der Waals surface area contributed by atoms with Crippen molar-refractivity contribution in [3.63, 3.8) is 0 Å². The van der Waals surface area contributed by atoms with Gasteiger partial charge in [-0.15, -0.1) is 0 Å². The molecular weight excluding hydrogens is 144 g/mol. The fourth-order valence-electron chi connectivity index (χ4n) is 1.34. The molecule has 0 radical (unpaired) electrons. The molecule has 0 aromatic carbocycles. The number of hydrogen-bond acceptors (Lipinski definition) is 3. The number of carbonyl (C=O) groups is 1. The molecule has 0 bridgehead atoms. The second-order valence-corrected chi connectivity index (χ2v) is 3.29. The molecular formula is C8H14O3. The van der Waals surface area contributed by atoms with Crippen molar-refractivity contribution in [1.82, 2.24) is 0 Å². The minimum atomic E-state index is -1.28. The van der Waals surface area contributed by atoms with E-state index in [0.29, 0.717) is 0 Å². The molecule has 0 amide bonds. The van der Waals surface area contributed by atoms with Crippen molar-refractivity contribution >= 4 is 5.97 Å². The van der Waals surface area contributed by atoms with Gasteiger partial charge in [-0.25, -0.2) is 4.79 Å². The fraction of sp³-hybridized carbons (Fsp3) is 0.875. The lowest BCUT2D eigenvalue weighted by Gasteiger charge is -2.18. The topological polar surface area (TPSA) is 46.5 Å². The van der Waals surface area contributed by atoms with Crippen LogP contribution in [0.2, 0.25) is 0 Å². The first kappa shape index (κ1) is 8.53. The fourth-order valence-corrected chi connectivity index (χ4v) is 1.34. The Bertz CT molecular complexity index is 174. The molecule has 3 heteroatoms. The van der Waals surface area contributed by atoms with Crippen LogP contribution in [0.5, 0.6) is 0 Å². The van der Waals surface area contributed by atoms with Crippen molar-refractivity contribution in [3.8, 4) is 0 Å². The number of aliphatic hydroxyl groups is 1. The molecule has 3 nitrogen and oxygen atoms in total. The molecule has 0 aliphatic carbocycles. The first-order chi connectivity index (χ1) is 5.00. The molecule has 0 spiro atoms. The van der Waals surface area contributed by atoms with Crippen LogP contribution < -0.4 is 0 Å². The van der Waals surface area contributed by atoms with Crippen LogP contribution in [0.15, 0.2) is 0 Å². The Morgan fingerprint density at radius 1 is 1.73 bits per heavy atom. The number of rotatable bonds is 1. The Balaban J connectivity index is 2.80. The van der Waals surface area contributed by atoms with Gasteiger partial charge in [-0.2, -0.15) is 0 Å². The minimum absolute atomic E-state index is 0.0972. The quantitative estimate of drug-likeness (QED) is 0.572. The van der Waals surface area contributed by atoms with E-state index < -0.39 is 11.6 Å². The lowest BCUT2D eigenvalue weighted by molar-refractivity contribution is -0.154. The second kappa shape index (κ2) is 2.48. The van der Waals surface area contributed by atoms with Crippen LogP contribution in [0.25, 0.3) is 0 Å². The van der Waals surface area contributed by atoms with E-state index in [1.165, 1.54) is 6.92 Å². The highest BCUT2D eigenvalue weighted by Crippen LogP contribution is 2.32. The maximum atomic E-state index is 11.0. The predicted octanol–water partition coefficient (Wildman–Crippen LogP) is 0.709. The maximum Gasteiger partial charge on any atom is 0.338 e. The van der Waals surface area contributed by atoms with E-state index >= 15 is 0 Å². The Labute approximate surface area is 66.4 Å². The van der Waals surface area contributed by atoms with Crippen LogP contribution in [0.1, 0.15) is 27.2 Å². The van der Waals surface area contributed by atoms with Gasteiger partial charge in [0, 0.05) is 5.92 Å². The van der Waals surface area contributed by atoms with Gasteiger partial charge in [0.25, 0.3) is 0 Å². The highest BCUT2D eigenvalue weighted by Gasteiger charge is 2.49. The van der Waals surface area contributed by atoms with Gasteiger partial charge in [0.15, 0.2) is 5.60 Å². The van der Waals surface area contributed by atoms with Crippen molar-refractivity contribution in [3.05, 3.63) is 0 Å². The number of cyclic esters (lactones) is 1. The number of hydrogen-bond donors (Lipinski definition) is 1. The smallest absolute Gasteiger partial charge is 0.338 e. The van der Waals surface area contributed by atoms with Crippen LogP contribution in [-0.4, -0.2) is 22.8 Å². The molecule has 11 heavy (non-hydrogen) atoms. The zero-order chi connectivity index (χ0) is 8.65. The van der Waals surface area contributed by atoms with Crippen molar-refractivity contribution in [2.24, 2.45) is 5.92 Å². The van der Waals surface area contributed by atoms with Crippen molar-refractivity contribution in [2.45, 2.75) is 38.9 Å². The summed E-state index contributed by atoms with van der Waals surface area (Å²) in [4.78, 5) is 11.0. The highest BCUT2D eigenvalue weighted by molar-refractivity contribution is 5.81. The summed E-state index contributed by atoms with van der Waals surface area (Å²) in [5, 5.41) is 9.56. The molecule has 3 atom stereocenters. The summed E-state index contributed by atoms with van der Waals surface area (Å²) in [5.41, 5.74) is -1.28. The highest BCUT2D eigenvalue weighted by atomic mass is 16.6. The van der Waals surface area contributed by atoms with E-state index in [9.17, 15) is 9.90 Å². The van der Waals surface area contributed by atoms with Crippen LogP contribution >= 0.6 is 0 Å². The van der Waals surface area contributed by atoms with E-state index in [1.54, 1.807) is 0 Å². The summed E-state index contributed by atoms with van der Waals surface area (Å²) >= 11 is 0. The van der Waals surface area contributed by atoms with Crippen LogP contribution in [-0.2, 0) is 9.53 Å². The molecule has 3 unspecified atom stereocenters. The number of ether oxygens (including phenoxy) is 1. The first-order valence-corrected chi connectivity index (χ1v) is 3.93.